The molecule has 0 unspecified atom stereocenters. The van der Waals surface area contributed by atoms with Crippen molar-refractivity contribution in [1.29, 1.82) is 0 Å². The fourth-order valence-electron chi connectivity index (χ4n) is 2.18. The predicted octanol–water partition coefficient (Wildman–Crippen LogP) is 5.17. The summed E-state index contributed by atoms with van der Waals surface area (Å²) in [5.41, 5.74) is 2.01. The van der Waals surface area contributed by atoms with E-state index >= 15 is 0 Å². The minimum Gasteiger partial charge on any atom is -0.371 e. The highest BCUT2D eigenvalue weighted by molar-refractivity contribution is 9.11. The smallest absolute Gasteiger partial charge is 0.317 e. The molecule has 1 N–H and O–H groups in total. The largest absolute Gasteiger partial charge is 0.371 e. The summed E-state index contributed by atoms with van der Waals surface area (Å²) in [5.74, 6) is 0. The van der Waals surface area contributed by atoms with Crippen LogP contribution in [0.4, 0.5) is 4.79 Å². The lowest BCUT2D eigenvalue weighted by Gasteiger charge is -2.20. The summed E-state index contributed by atoms with van der Waals surface area (Å²) >= 11 is 5.08. The Balaban J connectivity index is 1.84. The summed E-state index contributed by atoms with van der Waals surface area (Å²) in [5, 5.41) is 2.96. The number of halogens is 1. The minimum atomic E-state index is -0.163. The molecule has 0 aliphatic rings. The number of carbonyl (C=O) groups is 1. The van der Waals surface area contributed by atoms with Crippen LogP contribution in [-0.2, 0) is 24.4 Å². The number of nitrogens with one attached hydrogen (secondary N) is 1. The average Bonchev–Trinajstić information content (AvgIpc) is 2.95. The molecule has 0 radical (unpaired) electrons. The number of thiophene rings is 1. The lowest BCUT2D eigenvalue weighted by molar-refractivity contribution is -0.0149. The zero-order chi connectivity index (χ0) is 18.4. The van der Waals surface area contributed by atoms with Crippen LogP contribution in [-0.4, -0.2) is 23.6 Å². The van der Waals surface area contributed by atoms with Gasteiger partial charge >= 0.3 is 6.03 Å². The molecule has 0 saturated heterocycles. The Hall–Kier alpha value is -1.37. The Bertz CT molecular complexity index is 709. The lowest BCUT2D eigenvalue weighted by Crippen LogP contribution is -2.36. The van der Waals surface area contributed by atoms with E-state index in [0.29, 0.717) is 19.7 Å². The number of rotatable bonds is 6. The molecule has 1 heterocycles. The van der Waals surface area contributed by atoms with E-state index in [-0.39, 0.29) is 11.6 Å². The molecule has 136 valence electrons. The predicted molar refractivity (Wildman–Crippen MR) is 107 cm³/mol. The third-order valence-electron chi connectivity index (χ3n) is 3.48. The van der Waals surface area contributed by atoms with Gasteiger partial charge in [-0.25, -0.2) is 4.79 Å². The molecule has 0 fully saturated rings. The topological polar surface area (TPSA) is 41.6 Å². The van der Waals surface area contributed by atoms with Gasteiger partial charge in [-0.3, -0.25) is 0 Å². The van der Waals surface area contributed by atoms with E-state index in [1.165, 1.54) is 0 Å². The number of benzene rings is 1. The van der Waals surface area contributed by atoms with Crippen molar-refractivity contribution < 1.29 is 9.53 Å². The van der Waals surface area contributed by atoms with Gasteiger partial charge in [0.25, 0.3) is 0 Å². The summed E-state index contributed by atoms with van der Waals surface area (Å²) in [7, 11) is 1.80. The zero-order valence-electron chi connectivity index (χ0n) is 15.1. The number of hydrogen-bond donors (Lipinski definition) is 1. The molecule has 0 atom stereocenters. The molecule has 2 amide bonds. The van der Waals surface area contributed by atoms with Crippen LogP contribution in [0, 0.1) is 0 Å². The van der Waals surface area contributed by atoms with Crippen LogP contribution in [0.5, 0.6) is 0 Å². The van der Waals surface area contributed by atoms with Crippen LogP contribution in [0.25, 0.3) is 0 Å². The molecule has 0 aliphatic heterocycles. The van der Waals surface area contributed by atoms with Crippen molar-refractivity contribution in [3.63, 3.8) is 0 Å². The molecule has 1 aromatic carbocycles. The Morgan fingerprint density at radius 2 is 1.96 bits per heavy atom. The summed E-state index contributed by atoms with van der Waals surface area (Å²) < 4.78 is 6.88. The first-order chi connectivity index (χ1) is 11.7. The van der Waals surface area contributed by atoms with E-state index in [1.807, 2.05) is 51.1 Å². The second-order valence-corrected chi connectivity index (χ2v) is 9.49. The molecule has 4 nitrogen and oxygen atoms in total. The van der Waals surface area contributed by atoms with Crippen molar-refractivity contribution >= 4 is 33.3 Å². The van der Waals surface area contributed by atoms with Crippen molar-refractivity contribution in [2.24, 2.45) is 0 Å². The lowest BCUT2D eigenvalue weighted by atomic mass is 10.1. The van der Waals surface area contributed by atoms with Crippen LogP contribution in [0.15, 0.2) is 40.2 Å². The molecule has 0 saturated carbocycles. The first-order valence-corrected chi connectivity index (χ1v) is 9.79. The maximum absolute atomic E-state index is 12.3. The van der Waals surface area contributed by atoms with Gasteiger partial charge in [0, 0.05) is 18.5 Å². The number of urea groups is 1. The highest BCUT2D eigenvalue weighted by Gasteiger charge is 2.12. The summed E-state index contributed by atoms with van der Waals surface area (Å²) in [6.45, 7) is 7.79. The van der Waals surface area contributed by atoms with E-state index < -0.39 is 0 Å². The quantitative estimate of drug-likeness (QED) is 0.694. The molecule has 2 rings (SSSR count). The molecule has 0 spiro atoms. The fraction of sp³-hybridized carbons (Fsp3) is 0.421. The number of ether oxygens (including phenoxy) is 1. The Morgan fingerprint density at radius 1 is 1.24 bits per heavy atom. The van der Waals surface area contributed by atoms with Gasteiger partial charge in [-0.1, -0.05) is 24.3 Å². The minimum absolute atomic E-state index is 0.0825. The number of nitrogens with zero attached hydrogens (tertiary/aromatic N) is 1. The van der Waals surface area contributed by atoms with Crippen LogP contribution in [0.2, 0.25) is 0 Å². The average molecular weight is 425 g/mol. The molecule has 1 aromatic heterocycles. The molecule has 25 heavy (non-hydrogen) atoms. The van der Waals surface area contributed by atoms with Crippen molar-refractivity contribution in [2.45, 2.75) is 46.1 Å². The van der Waals surface area contributed by atoms with Gasteiger partial charge in [0.2, 0.25) is 0 Å². The second kappa shape index (κ2) is 8.83. The monoisotopic (exact) mass is 424 g/mol. The normalized spacial score (nSPS) is 11.4. The standard InChI is InChI=1S/C19H25BrN2O2S/c1-19(2,3)24-13-15-7-5-6-14(10-15)11-21-18(23)22(4)12-16-8-9-17(20)25-16/h5-10H,11-13H2,1-4H3,(H,21,23). The van der Waals surface area contributed by atoms with Crippen molar-refractivity contribution in [1.82, 2.24) is 10.2 Å². The summed E-state index contributed by atoms with van der Waals surface area (Å²) in [6.07, 6.45) is 0. The van der Waals surface area contributed by atoms with Crippen molar-refractivity contribution in [3.05, 3.63) is 56.2 Å². The fourth-order valence-corrected chi connectivity index (χ4v) is 3.72. The van der Waals surface area contributed by atoms with E-state index in [4.69, 9.17) is 4.74 Å². The molecule has 0 bridgehead atoms. The Kier molecular flexibility index (Phi) is 7.04. The van der Waals surface area contributed by atoms with Gasteiger partial charge in [0.1, 0.15) is 0 Å². The maximum atomic E-state index is 12.3. The number of carbonyl (C=O) groups excluding carboxylic acids is 1. The molecule has 6 heteroatoms. The van der Waals surface area contributed by atoms with Gasteiger partial charge in [-0.05, 0) is 60.0 Å². The van der Waals surface area contributed by atoms with E-state index in [9.17, 15) is 4.79 Å². The van der Waals surface area contributed by atoms with E-state index in [1.54, 1.807) is 23.3 Å². The van der Waals surface area contributed by atoms with Gasteiger partial charge in [0.05, 0.1) is 22.5 Å². The van der Waals surface area contributed by atoms with Crippen molar-refractivity contribution in [2.75, 3.05) is 7.05 Å². The SMILES string of the molecule is CN(Cc1ccc(Br)s1)C(=O)NCc1cccc(COC(C)(C)C)c1. The molecule has 0 aliphatic carbocycles. The molecular formula is C19H25BrN2O2S. The zero-order valence-corrected chi connectivity index (χ0v) is 17.5. The Labute approximate surface area is 162 Å². The molecular weight excluding hydrogens is 400 g/mol. The first kappa shape index (κ1) is 19.9. The number of hydrogen-bond acceptors (Lipinski definition) is 3. The first-order valence-electron chi connectivity index (χ1n) is 8.18. The third-order valence-corrected chi connectivity index (χ3v) is 5.08. The highest BCUT2D eigenvalue weighted by atomic mass is 79.9. The third kappa shape index (κ3) is 7.18. The maximum Gasteiger partial charge on any atom is 0.317 e. The number of amides is 2. The van der Waals surface area contributed by atoms with Gasteiger partial charge in [0.15, 0.2) is 0 Å². The second-order valence-electron chi connectivity index (χ2n) is 6.94. The summed E-state index contributed by atoms with van der Waals surface area (Å²) in [6, 6.07) is 12.1. The Morgan fingerprint density at radius 3 is 2.60 bits per heavy atom. The van der Waals surface area contributed by atoms with Gasteiger partial charge in [-0.2, -0.15) is 0 Å². The van der Waals surface area contributed by atoms with Crippen LogP contribution in [0.3, 0.4) is 0 Å². The highest BCUT2D eigenvalue weighted by Crippen LogP contribution is 2.23. The van der Waals surface area contributed by atoms with Crippen LogP contribution >= 0.6 is 27.3 Å². The van der Waals surface area contributed by atoms with Crippen molar-refractivity contribution in [3.8, 4) is 0 Å². The van der Waals surface area contributed by atoms with E-state index in [2.05, 4.69) is 27.3 Å². The van der Waals surface area contributed by atoms with Crippen LogP contribution in [0.1, 0.15) is 36.8 Å². The summed E-state index contributed by atoms with van der Waals surface area (Å²) in [4.78, 5) is 15.1. The van der Waals surface area contributed by atoms with Gasteiger partial charge < -0.3 is 15.0 Å². The van der Waals surface area contributed by atoms with Crippen LogP contribution < -0.4 is 5.32 Å². The van der Waals surface area contributed by atoms with E-state index in [0.717, 1.165) is 19.8 Å². The molecule has 2 aromatic rings. The van der Waals surface area contributed by atoms with Gasteiger partial charge in [-0.15, -0.1) is 11.3 Å².